The molecule has 0 fully saturated rings. The molecule has 0 bridgehead atoms. The van der Waals surface area contributed by atoms with Crippen LogP contribution in [0.2, 0.25) is 0 Å². The number of hydrogen-bond acceptors (Lipinski definition) is 5. The predicted molar refractivity (Wildman–Crippen MR) is 66.7 cm³/mol. The lowest BCUT2D eigenvalue weighted by molar-refractivity contribution is 0.0910. The maximum Gasteiger partial charge on any atom is 0.184 e. The molecule has 0 aliphatic carbocycles. The molecular weight excluding hydrogens is 248 g/mol. The topological polar surface area (TPSA) is 55.1 Å². The molecule has 1 aliphatic rings. The lowest BCUT2D eigenvalue weighted by Gasteiger charge is -2.24. The Morgan fingerprint density at radius 2 is 2.22 bits per heavy atom. The van der Waals surface area contributed by atoms with Gasteiger partial charge in [0.2, 0.25) is 0 Å². The van der Waals surface area contributed by atoms with E-state index in [0.717, 1.165) is 22.2 Å². The van der Waals surface area contributed by atoms with Crippen LogP contribution in [-0.4, -0.2) is 11.6 Å². The van der Waals surface area contributed by atoms with E-state index >= 15 is 0 Å². The Bertz CT molecular complexity index is 603. The summed E-state index contributed by atoms with van der Waals surface area (Å²) in [6.45, 7) is 0.455. The van der Waals surface area contributed by atoms with Gasteiger partial charge in [-0.3, -0.25) is 0 Å². The molecule has 1 aromatic carbocycles. The summed E-state index contributed by atoms with van der Waals surface area (Å²) in [5.41, 5.74) is 0.792. The number of nitrogens with zero attached hydrogens (tertiary/aromatic N) is 2. The quantitative estimate of drug-likeness (QED) is 0.831. The maximum absolute atomic E-state index is 8.63. The van der Waals surface area contributed by atoms with E-state index in [1.54, 1.807) is 0 Å². The molecule has 0 saturated carbocycles. The second kappa shape index (κ2) is 4.67. The number of fused-ring (bicyclic) bond motifs is 1. The first-order chi connectivity index (χ1) is 8.86. The summed E-state index contributed by atoms with van der Waals surface area (Å²) in [5.74, 6) is 1.51. The molecule has 5 heteroatoms. The summed E-state index contributed by atoms with van der Waals surface area (Å²) in [4.78, 5) is 4.39. The average molecular weight is 258 g/mol. The molecule has 1 atom stereocenters. The van der Waals surface area contributed by atoms with Gasteiger partial charge in [0.15, 0.2) is 17.6 Å². The van der Waals surface area contributed by atoms with E-state index in [9.17, 15) is 0 Å². The average Bonchev–Trinajstić information content (AvgIpc) is 2.87. The molecule has 4 nitrogen and oxygen atoms in total. The highest BCUT2D eigenvalue weighted by Gasteiger charge is 2.24. The molecule has 1 aromatic heterocycles. The number of nitriles is 1. The van der Waals surface area contributed by atoms with Gasteiger partial charge >= 0.3 is 0 Å². The minimum absolute atomic E-state index is 0.183. The standard InChI is InChI=1S/C13H10N2O2S/c14-6-5-9-8-18-13(15-9)12-7-16-10-3-1-2-4-11(10)17-12/h1-4,8,12H,5,7H2. The van der Waals surface area contributed by atoms with Crippen molar-refractivity contribution in [2.45, 2.75) is 12.5 Å². The highest BCUT2D eigenvalue weighted by atomic mass is 32.1. The summed E-state index contributed by atoms with van der Waals surface area (Å²) in [6.07, 6.45) is 0.151. The van der Waals surface area contributed by atoms with Crippen molar-refractivity contribution in [3.63, 3.8) is 0 Å². The molecule has 90 valence electrons. The molecule has 0 radical (unpaired) electrons. The van der Waals surface area contributed by atoms with E-state index in [1.165, 1.54) is 11.3 Å². The Kier molecular flexibility index (Phi) is 2.87. The lowest BCUT2D eigenvalue weighted by atomic mass is 10.2. The Balaban J connectivity index is 1.81. The molecule has 0 saturated heterocycles. The second-order valence-electron chi connectivity index (χ2n) is 3.88. The van der Waals surface area contributed by atoms with Crippen molar-refractivity contribution in [1.29, 1.82) is 5.26 Å². The minimum atomic E-state index is -0.183. The van der Waals surface area contributed by atoms with Crippen LogP contribution in [0.4, 0.5) is 0 Å². The van der Waals surface area contributed by atoms with Gasteiger partial charge < -0.3 is 9.47 Å². The first kappa shape index (κ1) is 11.1. The van der Waals surface area contributed by atoms with Gasteiger partial charge in [-0.1, -0.05) is 12.1 Å². The van der Waals surface area contributed by atoms with Crippen molar-refractivity contribution in [3.05, 3.63) is 40.3 Å². The summed E-state index contributed by atoms with van der Waals surface area (Å²) in [5, 5.41) is 11.4. The highest BCUT2D eigenvalue weighted by molar-refractivity contribution is 7.09. The molecule has 1 aliphatic heterocycles. The van der Waals surface area contributed by atoms with Gasteiger partial charge in [-0.25, -0.2) is 4.98 Å². The molecule has 3 rings (SSSR count). The number of para-hydroxylation sites is 2. The third-order valence-electron chi connectivity index (χ3n) is 2.61. The minimum Gasteiger partial charge on any atom is -0.485 e. The molecule has 18 heavy (non-hydrogen) atoms. The monoisotopic (exact) mass is 258 g/mol. The molecule has 2 aromatic rings. The van der Waals surface area contributed by atoms with Crippen LogP contribution in [0, 0.1) is 11.3 Å². The van der Waals surface area contributed by atoms with Crippen LogP contribution in [0.5, 0.6) is 11.5 Å². The SMILES string of the molecule is N#CCc1csc(C2COc3ccccc3O2)n1. The van der Waals surface area contributed by atoms with E-state index in [4.69, 9.17) is 14.7 Å². The predicted octanol–water partition coefficient (Wildman–Crippen LogP) is 2.72. The fourth-order valence-electron chi connectivity index (χ4n) is 1.77. The van der Waals surface area contributed by atoms with Crippen molar-refractivity contribution < 1.29 is 9.47 Å². The largest absolute Gasteiger partial charge is 0.485 e. The third-order valence-corrected chi connectivity index (χ3v) is 3.60. The Morgan fingerprint density at radius 3 is 3.06 bits per heavy atom. The number of rotatable bonds is 2. The number of benzene rings is 1. The van der Waals surface area contributed by atoms with Crippen molar-refractivity contribution in [3.8, 4) is 17.6 Å². The molecule has 0 N–H and O–H groups in total. The zero-order chi connectivity index (χ0) is 12.4. The number of thiazole rings is 1. The normalized spacial score (nSPS) is 17.2. The van der Waals surface area contributed by atoms with Crippen molar-refractivity contribution >= 4 is 11.3 Å². The lowest BCUT2D eigenvalue weighted by Crippen LogP contribution is -2.21. The molecular formula is C13H10N2O2S. The van der Waals surface area contributed by atoms with Gasteiger partial charge in [0.25, 0.3) is 0 Å². The van der Waals surface area contributed by atoms with Crippen molar-refractivity contribution in [2.75, 3.05) is 6.61 Å². The van der Waals surface area contributed by atoms with Gasteiger partial charge in [0.05, 0.1) is 18.2 Å². The van der Waals surface area contributed by atoms with Crippen LogP contribution in [-0.2, 0) is 6.42 Å². The van der Waals surface area contributed by atoms with E-state index in [0.29, 0.717) is 13.0 Å². The second-order valence-corrected chi connectivity index (χ2v) is 4.77. The Labute approximate surface area is 108 Å². The van der Waals surface area contributed by atoms with Gasteiger partial charge in [0.1, 0.15) is 11.6 Å². The fraction of sp³-hybridized carbons (Fsp3) is 0.231. The smallest absolute Gasteiger partial charge is 0.184 e. The summed E-state index contributed by atoms with van der Waals surface area (Å²) in [6, 6.07) is 9.68. The van der Waals surface area contributed by atoms with Crippen molar-refractivity contribution in [2.24, 2.45) is 0 Å². The molecule has 0 amide bonds. The van der Waals surface area contributed by atoms with Gasteiger partial charge in [-0.2, -0.15) is 5.26 Å². The van der Waals surface area contributed by atoms with Crippen molar-refractivity contribution in [1.82, 2.24) is 4.98 Å². The maximum atomic E-state index is 8.63. The van der Waals surface area contributed by atoms with E-state index in [1.807, 2.05) is 29.6 Å². The van der Waals surface area contributed by atoms with Gasteiger partial charge in [-0.15, -0.1) is 11.3 Å². The molecule has 2 heterocycles. The van der Waals surface area contributed by atoms with Gasteiger partial charge in [-0.05, 0) is 12.1 Å². The zero-order valence-electron chi connectivity index (χ0n) is 9.50. The van der Waals surface area contributed by atoms with Crippen LogP contribution in [0.25, 0.3) is 0 Å². The number of ether oxygens (including phenoxy) is 2. The van der Waals surface area contributed by atoms with Crippen LogP contribution < -0.4 is 9.47 Å². The van der Waals surface area contributed by atoms with Crippen LogP contribution in [0.1, 0.15) is 16.8 Å². The summed E-state index contributed by atoms with van der Waals surface area (Å²) >= 11 is 1.50. The zero-order valence-corrected chi connectivity index (χ0v) is 10.3. The van der Waals surface area contributed by atoms with Gasteiger partial charge in [0, 0.05) is 5.38 Å². The molecule has 0 spiro atoms. The number of hydrogen-bond donors (Lipinski definition) is 0. The first-order valence-corrected chi connectivity index (χ1v) is 6.44. The van der Waals surface area contributed by atoms with E-state index in [2.05, 4.69) is 11.1 Å². The van der Waals surface area contributed by atoms with E-state index in [-0.39, 0.29) is 6.10 Å². The molecule has 1 unspecified atom stereocenters. The van der Waals surface area contributed by atoms with Crippen LogP contribution >= 0.6 is 11.3 Å². The Morgan fingerprint density at radius 1 is 1.39 bits per heavy atom. The van der Waals surface area contributed by atoms with Crippen LogP contribution in [0.15, 0.2) is 29.6 Å². The fourth-order valence-corrected chi connectivity index (χ4v) is 2.60. The Hall–Kier alpha value is -2.06. The third kappa shape index (κ3) is 2.03. The van der Waals surface area contributed by atoms with Crippen LogP contribution in [0.3, 0.4) is 0 Å². The highest BCUT2D eigenvalue weighted by Crippen LogP contribution is 2.36. The number of aromatic nitrogens is 1. The first-order valence-electron chi connectivity index (χ1n) is 5.56. The van der Waals surface area contributed by atoms with E-state index < -0.39 is 0 Å². The summed E-state index contributed by atoms with van der Waals surface area (Å²) in [7, 11) is 0. The summed E-state index contributed by atoms with van der Waals surface area (Å²) < 4.78 is 11.5.